The third-order valence-electron chi connectivity index (χ3n) is 2.67. The Morgan fingerprint density at radius 2 is 1.92 bits per heavy atom. The van der Waals surface area contributed by atoms with Crippen LogP contribution < -0.4 is 11.1 Å². The van der Waals surface area contributed by atoms with Crippen molar-refractivity contribution in [2.24, 2.45) is 17.6 Å². The maximum absolute atomic E-state index is 11.3. The van der Waals surface area contributed by atoms with Gasteiger partial charge >= 0.3 is 0 Å². The normalized spacial score (nSPS) is 13.0. The SMILES string of the molecule is CCC(CC)CC(CN)C(=O)NC. The lowest BCUT2D eigenvalue weighted by Crippen LogP contribution is -2.33. The Morgan fingerprint density at radius 3 is 2.23 bits per heavy atom. The van der Waals surface area contributed by atoms with Crippen molar-refractivity contribution in [2.45, 2.75) is 33.1 Å². The summed E-state index contributed by atoms with van der Waals surface area (Å²) in [6.07, 6.45) is 3.18. The fourth-order valence-electron chi connectivity index (χ4n) is 1.54. The molecule has 3 nitrogen and oxygen atoms in total. The smallest absolute Gasteiger partial charge is 0.224 e. The van der Waals surface area contributed by atoms with Crippen molar-refractivity contribution < 1.29 is 4.79 Å². The van der Waals surface area contributed by atoms with E-state index in [0.717, 1.165) is 19.3 Å². The Morgan fingerprint density at radius 1 is 1.38 bits per heavy atom. The van der Waals surface area contributed by atoms with Crippen molar-refractivity contribution in [3.8, 4) is 0 Å². The first kappa shape index (κ1) is 12.4. The third kappa shape index (κ3) is 4.27. The van der Waals surface area contributed by atoms with Gasteiger partial charge in [0.05, 0.1) is 5.92 Å². The number of carbonyl (C=O) groups is 1. The van der Waals surface area contributed by atoms with Crippen LogP contribution in [0.2, 0.25) is 0 Å². The molecule has 3 heteroatoms. The molecule has 13 heavy (non-hydrogen) atoms. The van der Waals surface area contributed by atoms with E-state index in [0.29, 0.717) is 12.5 Å². The van der Waals surface area contributed by atoms with Crippen LogP contribution in [0.1, 0.15) is 33.1 Å². The first-order chi connectivity index (χ1) is 6.19. The van der Waals surface area contributed by atoms with Crippen molar-refractivity contribution in [3.05, 3.63) is 0 Å². The Balaban J connectivity index is 4.02. The second-order valence-electron chi connectivity index (χ2n) is 3.47. The fourth-order valence-corrected chi connectivity index (χ4v) is 1.54. The van der Waals surface area contributed by atoms with Crippen LogP contribution in [0.3, 0.4) is 0 Å². The number of hydrogen-bond acceptors (Lipinski definition) is 2. The van der Waals surface area contributed by atoms with Gasteiger partial charge in [-0.15, -0.1) is 0 Å². The van der Waals surface area contributed by atoms with Gasteiger partial charge in [0.2, 0.25) is 5.91 Å². The Kier molecular flexibility index (Phi) is 6.59. The van der Waals surface area contributed by atoms with Crippen LogP contribution in [0.15, 0.2) is 0 Å². The monoisotopic (exact) mass is 186 g/mol. The molecule has 0 aliphatic rings. The molecule has 0 aliphatic carbocycles. The quantitative estimate of drug-likeness (QED) is 0.653. The second-order valence-corrected chi connectivity index (χ2v) is 3.47. The average Bonchev–Trinajstić information content (AvgIpc) is 2.19. The standard InChI is InChI=1S/C10H22N2O/c1-4-8(5-2)6-9(7-11)10(13)12-3/h8-9H,4-7,11H2,1-3H3,(H,12,13). The first-order valence-corrected chi connectivity index (χ1v) is 5.11. The van der Waals surface area contributed by atoms with Gasteiger partial charge < -0.3 is 11.1 Å². The number of amides is 1. The van der Waals surface area contributed by atoms with E-state index in [-0.39, 0.29) is 11.8 Å². The molecule has 0 bridgehead atoms. The molecule has 0 aliphatic heterocycles. The summed E-state index contributed by atoms with van der Waals surface area (Å²) in [4.78, 5) is 11.3. The largest absolute Gasteiger partial charge is 0.359 e. The summed E-state index contributed by atoms with van der Waals surface area (Å²) in [7, 11) is 1.66. The summed E-state index contributed by atoms with van der Waals surface area (Å²) in [5.74, 6) is 0.704. The molecule has 1 amide bonds. The summed E-state index contributed by atoms with van der Waals surface area (Å²) in [5, 5.41) is 2.65. The number of rotatable bonds is 6. The number of carbonyl (C=O) groups excluding carboxylic acids is 1. The van der Waals surface area contributed by atoms with E-state index in [9.17, 15) is 4.79 Å². The van der Waals surface area contributed by atoms with Crippen LogP contribution in [0.4, 0.5) is 0 Å². The molecule has 0 radical (unpaired) electrons. The zero-order chi connectivity index (χ0) is 10.3. The molecule has 78 valence electrons. The van der Waals surface area contributed by atoms with Crippen LogP contribution in [-0.2, 0) is 4.79 Å². The topological polar surface area (TPSA) is 55.1 Å². The van der Waals surface area contributed by atoms with Gasteiger partial charge in [-0.25, -0.2) is 0 Å². The molecule has 0 saturated carbocycles. The van der Waals surface area contributed by atoms with Crippen molar-refractivity contribution in [1.82, 2.24) is 5.32 Å². The molecular weight excluding hydrogens is 164 g/mol. The first-order valence-electron chi connectivity index (χ1n) is 5.11. The maximum atomic E-state index is 11.3. The molecule has 1 unspecified atom stereocenters. The Hall–Kier alpha value is -0.570. The van der Waals surface area contributed by atoms with Gasteiger partial charge in [0.1, 0.15) is 0 Å². The van der Waals surface area contributed by atoms with E-state index < -0.39 is 0 Å². The highest BCUT2D eigenvalue weighted by molar-refractivity contribution is 5.78. The Bertz CT molecular complexity index is 144. The predicted octanol–water partition coefficient (Wildman–Crippen LogP) is 1.13. The minimum absolute atomic E-state index is 0.00472. The van der Waals surface area contributed by atoms with E-state index >= 15 is 0 Å². The molecule has 0 fully saturated rings. The number of nitrogens with one attached hydrogen (secondary N) is 1. The summed E-state index contributed by atoms with van der Waals surface area (Å²) < 4.78 is 0. The molecule has 0 saturated heterocycles. The Labute approximate surface area is 81.1 Å². The molecule has 0 aromatic heterocycles. The maximum Gasteiger partial charge on any atom is 0.224 e. The van der Waals surface area contributed by atoms with Crippen LogP contribution in [0, 0.1) is 11.8 Å². The predicted molar refractivity (Wildman–Crippen MR) is 55.3 cm³/mol. The van der Waals surface area contributed by atoms with Gasteiger partial charge in [0.15, 0.2) is 0 Å². The van der Waals surface area contributed by atoms with Crippen LogP contribution in [-0.4, -0.2) is 19.5 Å². The summed E-state index contributed by atoms with van der Waals surface area (Å²) in [6.45, 7) is 4.77. The van der Waals surface area contributed by atoms with E-state index in [4.69, 9.17) is 5.73 Å². The van der Waals surface area contributed by atoms with E-state index in [1.807, 2.05) is 0 Å². The molecule has 0 spiro atoms. The van der Waals surface area contributed by atoms with Gasteiger partial charge in [-0.05, 0) is 12.3 Å². The molecule has 0 rings (SSSR count). The summed E-state index contributed by atoms with van der Waals surface area (Å²) in [6, 6.07) is 0. The van der Waals surface area contributed by atoms with Crippen molar-refractivity contribution in [2.75, 3.05) is 13.6 Å². The molecular formula is C10H22N2O. The molecule has 0 aromatic rings. The number of nitrogens with two attached hydrogens (primary N) is 1. The van der Waals surface area contributed by atoms with Crippen LogP contribution in [0.5, 0.6) is 0 Å². The van der Waals surface area contributed by atoms with Crippen molar-refractivity contribution >= 4 is 5.91 Å². The van der Waals surface area contributed by atoms with Gasteiger partial charge in [-0.3, -0.25) is 4.79 Å². The molecule has 3 N–H and O–H groups in total. The minimum atomic E-state index is -0.00472. The lowest BCUT2D eigenvalue weighted by Gasteiger charge is -2.18. The van der Waals surface area contributed by atoms with Crippen LogP contribution in [0.25, 0.3) is 0 Å². The van der Waals surface area contributed by atoms with Crippen molar-refractivity contribution in [1.29, 1.82) is 0 Å². The molecule has 0 aromatic carbocycles. The van der Waals surface area contributed by atoms with Gasteiger partial charge in [0.25, 0.3) is 0 Å². The van der Waals surface area contributed by atoms with E-state index in [1.54, 1.807) is 7.05 Å². The highest BCUT2D eigenvalue weighted by atomic mass is 16.1. The molecule has 0 heterocycles. The van der Waals surface area contributed by atoms with E-state index in [2.05, 4.69) is 19.2 Å². The summed E-state index contributed by atoms with van der Waals surface area (Å²) in [5.41, 5.74) is 5.55. The average molecular weight is 186 g/mol. The zero-order valence-electron chi connectivity index (χ0n) is 8.97. The third-order valence-corrected chi connectivity index (χ3v) is 2.67. The second kappa shape index (κ2) is 6.89. The lowest BCUT2D eigenvalue weighted by atomic mass is 9.90. The van der Waals surface area contributed by atoms with Gasteiger partial charge in [-0.1, -0.05) is 26.7 Å². The summed E-state index contributed by atoms with van der Waals surface area (Å²) >= 11 is 0. The highest BCUT2D eigenvalue weighted by Crippen LogP contribution is 2.18. The number of hydrogen-bond donors (Lipinski definition) is 2. The van der Waals surface area contributed by atoms with E-state index in [1.165, 1.54) is 0 Å². The molecule has 1 atom stereocenters. The van der Waals surface area contributed by atoms with Gasteiger partial charge in [-0.2, -0.15) is 0 Å². The van der Waals surface area contributed by atoms with Gasteiger partial charge in [0, 0.05) is 13.6 Å². The van der Waals surface area contributed by atoms with Crippen molar-refractivity contribution in [3.63, 3.8) is 0 Å². The lowest BCUT2D eigenvalue weighted by molar-refractivity contribution is -0.124. The minimum Gasteiger partial charge on any atom is -0.359 e. The highest BCUT2D eigenvalue weighted by Gasteiger charge is 2.18. The fraction of sp³-hybridized carbons (Fsp3) is 0.900. The van der Waals surface area contributed by atoms with Crippen LogP contribution >= 0.6 is 0 Å². The zero-order valence-corrected chi connectivity index (χ0v) is 8.97.